The Kier molecular flexibility index (Phi) is 5.44. The molecule has 0 spiro atoms. The number of aromatic nitrogens is 2. The Morgan fingerprint density at radius 3 is 2.45 bits per heavy atom. The summed E-state index contributed by atoms with van der Waals surface area (Å²) in [7, 11) is 2.16. The molecule has 1 aromatic carbocycles. The van der Waals surface area contributed by atoms with Crippen molar-refractivity contribution in [1.82, 2.24) is 24.7 Å². The molecule has 7 nitrogen and oxygen atoms in total. The lowest BCUT2D eigenvalue weighted by molar-refractivity contribution is 0.222. The van der Waals surface area contributed by atoms with Gasteiger partial charge in [-0.3, -0.25) is 0 Å². The van der Waals surface area contributed by atoms with E-state index in [0.29, 0.717) is 5.95 Å². The van der Waals surface area contributed by atoms with Crippen LogP contribution in [0.25, 0.3) is 11.3 Å². The van der Waals surface area contributed by atoms with Gasteiger partial charge in [-0.15, -0.1) is 0 Å². The third-order valence-electron chi connectivity index (χ3n) is 6.91. The second-order valence-electron chi connectivity index (χ2n) is 9.03. The minimum absolute atomic E-state index is 0.341. The van der Waals surface area contributed by atoms with Crippen molar-refractivity contribution in [2.45, 2.75) is 25.8 Å². The number of likely N-dealkylation sites (N-methyl/N-ethyl adjacent to an activating group) is 1. The van der Waals surface area contributed by atoms with Crippen LogP contribution >= 0.6 is 0 Å². The van der Waals surface area contributed by atoms with Gasteiger partial charge in [-0.1, -0.05) is 18.7 Å². The SMILES string of the molecule is C=C(N1CCCC1)N1CCc2ccc(-c3cc(N4CCN(C)CC4)nc(N)n3)cc2C1. The van der Waals surface area contributed by atoms with Crippen molar-refractivity contribution in [2.24, 2.45) is 0 Å². The third kappa shape index (κ3) is 4.19. The summed E-state index contributed by atoms with van der Waals surface area (Å²) in [6, 6.07) is 8.81. The maximum atomic E-state index is 6.12. The molecule has 0 bridgehead atoms. The van der Waals surface area contributed by atoms with E-state index in [1.807, 2.05) is 0 Å². The van der Waals surface area contributed by atoms with Crippen LogP contribution in [0, 0.1) is 0 Å². The molecule has 4 heterocycles. The van der Waals surface area contributed by atoms with E-state index in [4.69, 9.17) is 5.73 Å². The number of hydrogen-bond donors (Lipinski definition) is 1. The Bertz CT molecular complexity index is 958. The average Bonchev–Trinajstić information content (AvgIpc) is 3.33. The third-order valence-corrected chi connectivity index (χ3v) is 6.91. The van der Waals surface area contributed by atoms with E-state index in [-0.39, 0.29) is 0 Å². The van der Waals surface area contributed by atoms with Crippen molar-refractivity contribution in [2.75, 3.05) is 63.5 Å². The lowest BCUT2D eigenvalue weighted by Crippen LogP contribution is -2.44. The number of rotatable bonds is 4. The number of hydrogen-bond acceptors (Lipinski definition) is 7. The van der Waals surface area contributed by atoms with Crippen LogP contribution in [0.1, 0.15) is 24.0 Å². The molecule has 3 aliphatic heterocycles. The highest BCUT2D eigenvalue weighted by Crippen LogP contribution is 2.30. The van der Waals surface area contributed by atoms with Gasteiger partial charge in [-0.2, -0.15) is 4.98 Å². The molecule has 2 aromatic rings. The van der Waals surface area contributed by atoms with Crippen LogP contribution in [-0.4, -0.2) is 77.5 Å². The predicted octanol–water partition coefficient (Wildman–Crippen LogP) is 2.40. The Hall–Kier alpha value is -2.80. The Morgan fingerprint density at radius 2 is 1.68 bits per heavy atom. The zero-order chi connectivity index (χ0) is 21.4. The number of nitrogens with two attached hydrogens (primary N) is 1. The highest BCUT2D eigenvalue weighted by molar-refractivity contribution is 5.66. The van der Waals surface area contributed by atoms with E-state index in [9.17, 15) is 0 Å². The monoisotopic (exact) mass is 419 g/mol. The molecule has 2 saturated heterocycles. The molecule has 2 fully saturated rings. The number of fused-ring (bicyclic) bond motifs is 1. The topological polar surface area (TPSA) is 64.8 Å². The fraction of sp³-hybridized carbons (Fsp3) is 0.500. The first-order valence-electron chi connectivity index (χ1n) is 11.5. The fourth-order valence-corrected chi connectivity index (χ4v) is 4.91. The maximum absolute atomic E-state index is 6.12. The van der Waals surface area contributed by atoms with Gasteiger partial charge in [-0.05, 0) is 43.5 Å². The molecular formula is C24H33N7. The molecule has 0 unspecified atom stereocenters. The maximum Gasteiger partial charge on any atom is 0.222 e. The summed E-state index contributed by atoms with van der Waals surface area (Å²) < 4.78 is 0. The Morgan fingerprint density at radius 1 is 0.903 bits per heavy atom. The van der Waals surface area contributed by atoms with Crippen LogP contribution in [0.2, 0.25) is 0 Å². The Balaban J connectivity index is 1.38. The van der Waals surface area contributed by atoms with Gasteiger partial charge >= 0.3 is 0 Å². The largest absolute Gasteiger partial charge is 0.368 e. The first-order valence-corrected chi connectivity index (χ1v) is 11.5. The lowest BCUT2D eigenvalue weighted by atomic mass is 9.96. The van der Waals surface area contributed by atoms with Crippen molar-refractivity contribution < 1.29 is 0 Å². The van der Waals surface area contributed by atoms with E-state index in [2.05, 4.69) is 67.5 Å². The molecule has 0 atom stereocenters. The van der Waals surface area contributed by atoms with Gasteiger partial charge in [0.15, 0.2) is 0 Å². The van der Waals surface area contributed by atoms with Crippen molar-refractivity contribution >= 4 is 11.8 Å². The van der Waals surface area contributed by atoms with E-state index in [1.54, 1.807) is 0 Å². The number of piperazine rings is 1. The molecule has 0 aliphatic carbocycles. The van der Waals surface area contributed by atoms with Crippen molar-refractivity contribution in [3.05, 3.63) is 47.8 Å². The smallest absolute Gasteiger partial charge is 0.222 e. The molecule has 0 radical (unpaired) electrons. The molecule has 7 heteroatoms. The molecule has 31 heavy (non-hydrogen) atoms. The minimum atomic E-state index is 0.341. The van der Waals surface area contributed by atoms with Gasteiger partial charge in [0.1, 0.15) is 5.82 Å². The number of likely N-dealkylation sites (tertiary alicyclic amines) is 1. The van der Waals surface area contributed by atoms with E-state index < -0.39 is 0 Å². The number of nitrogen functional groups attached to an aromatic ring is 1. The zero-order valence-corrected chi connectivity index (χ0v) is 18.6. The van der Waals surface area contributed by atoms with Gasteiger partial charge in [0.05, 0.1) is 11.5 Å². The molecule has 1 aromatic heterocycles. The summed E-state index contributed by atoms with van der Waals surface area (Å²) in [5.41, 5.74) is 10.9. The van der Waals surface area contributed by atoms with Gasteiger partial charge in [0.2, 0.25) is 5.95 Å². The van der Waals surface area contributed by atoms with Crippen LogP contribution in [-0.2, 0) is 13.0 Å². The molecule has 2 N–H and O–H groups in total. The summed E-state index contributed by atoms with van der Waals surface area (Å²) >= 11 is 0. The second kappa shape index (κ2) is 8.38. The highest BCUT2D eigenvalue weighted by atomic mass is 15.3. The minimum Gasteiger partial charge on any atom is -0.368 e. The standard InChI is InChI=1S/C24H33N7/c1-18(29-8-3-4-9-29)31-10-7-19-5-6-20(15-21(19)17-31)22-16-23(27-24(25)26-22)30-13-11-28(2)12-14-30/h5-6,15-16H,1,3-4,7-14,17H2,2H3,(H2,25,26,27). The van der Waals surface area contributed by atoms with Crippen LogP contribution in [0.15, 0.2) is 36.7 Å². The van der Waals surface area contributed by atoms with Crippen molar-refractivity contribution in [3.63, 3.8) is 0 Å². The summed E-state index contributed by atoms with van der Waals surface area (Å²) in [6.45, 7) is 12.6. The lowest BCUT2D eigenvalue weighted by Gasteiger charge is -2.36. The van der Waals surface area contributed by atoms with E-state index >= 15 is 0 Å². The van der Waals surface area contributed by atoms with Crippen LogP contribution in [0.4, 0.5) is 11.8 Å². The summed E-state index contributed by atoms with van der Waals surface area (Å²) in [4.78, 5) is 18.6. The van der Waals surface area contributed by atoms with E-state index in [0.717, 1.165) is 75.9 Å². The van der Waals surface area contributed by atoms with Crippen LogP contribution in [0.3, 0.4) is 0 Å². The molecule has 5 rings (SSSR count). The first-order chi connectivity index (χ1) is 15.1. The first kappa shape index (κ1) is 20.1. The van der Waals surface area contributed by atoms with Crippen LogP contribution < -0.4 is 10.6 Å². The Labute approximate surface area is 185 Å². The summed E-state index contributed by atoms with van der Waals surface area (Å²) in [5.74, 6) is 2.45. The highest BCUT2D eigenvalue weighted by Gasteiger charge is 2.23. The van der Waals surface area contributed by atoms with Crippen molar-refractivity contribution in [3.8, 4) is 11.3 Å². The zero-order valence-electron chi connectivity index (χ0n) is 18.6. The van der Waals surface area contributed by atoms with Gasteiger partial charge in [0, 0.05) is 64.0 Å². The fourth-order valence-electron chi connectivity index (χ4n) is 4.91. The average molecular weight is 420 g/mol. The predicted molar refractivity (Wildman–Crippen MR) is 126 cm³/mol. The van der Waals surface area contributed by atoms with Gasteiger partial charge in [0.25, 0.3) is 0 Å². The molecule has 0 saturated carbocycles. The molecular weight excluding hydrogens is 386 g/mol. The summed E-state index contributed by atoms with van der Waals surface area (Å²) in [6.07, 6.45) is 3.61. The second-order valence-corrected chi connectivity index (χ2v) is 9.03. The number of anilines is 2. The van der Waals surface area contributed by atoms with Crippen molar-refractivity contribution in [1.29, 1.82) is 0 Å². The summed E-state index contributed by atoms with van der Waals surface area (Å²) in [5, 5.41) is 0. The molecule has 164 valence electrons. The quantitative estimate of drug-likeness (QED) is 0.816. The number of nitrogens with zero attached hydrogens (tertiary/aromatic N) is 6. The molecule has 3 aliphatic rings. The molecule has 0 amide bonds. The normalized spacial score (nSPS) is 19.6. The van der Waals surface area contributed by atoms with Gasteiger partial charge in [-0.25, -0.2) is 4.98 Å². The van der Waals surface area contributed by atoms with Crippen LogP contribution in [0.5, 0.6) is 0 Å². The van der Waals surface area contributed by atoms with Gasteiger partial charge < -0.3 is 25.3 Å². The van der Waals surface area contributed by atoms with E-state index in [1.165, 1.54) is 29.8 Å². The number of benzene rings is 1.